The van der Waals surface area contributed by atoms with E-state index in [4.69, 9.17) is 0 Å². The van der Waals surface area contributed by atoms with Crippen molar-refractivity contribution in [3.8, 4) is 0 Å². The second-order valence-corrected chi connectivity index (χ2v) is 4.77. The highest BCUT2D eigenvalue weighted by Crippen LogP contribution is 2.33. The Balaban J connectivity index is 2.32. The Morgan fingerprint density at radius 1 is 1.31 bits per heavy atom. The average Bonchev–Trinajstić information content (AvgIpc) is 2.03. The first kappa shape index (κ1) is 11.0. The first-order valence-corrected chi connectivity index (χ1v) is 5.33. The van der Waals surface area contributed by atoms with Crippen LogP contribution in [0.2, 0.25) is 0 Å². The van der Waals surface area contributed by atoms with Gasteiger partial charge in [0, 0.05) is 6.54 Å². The number of nitrogens with one attached hydrogen (secondary N) is 2. The molecule has 3 nitrogen and oxygen atoms in total. The van der Waals surface area contributed by atoms with Crippen LogP contribution in [0, 0.1) is 11.8 Å². The number of quaternary nitrogens is 1. The van der Waals surface area contributed by atoms with E-state index in [1.54, 1.807) is 0 Å². The third-order valence-corrected chi connectivity index (χ3v) is 3.20. The quantitative estimate of drug-likeness (QED) is 0.508. The third kappa shape index (κ3) is 2.66. The molecule has 13 heavy (non-hydrogen) atoms. The molecule has 0 saturated heterocycles. The number of rotatable bonds is 4. The van der Waals surface area contributed by atoms with Gasteiger partial charge in [-0.15, -0.1) is 10.9 Å². The molecule has 0 aliphatic heterocycles. The van der Waals surface area contributed by atoms with Gasteiger partial charge >= 0.3 is 0 Å². The van der Waals surface area contributed by atoms with Crippen LogP contribution in [-0.4, -0.2) is 31.4 Å². The zero-order valence-electron chi connectivity index (χ0n) is 9.59. The van der Waals surface area contributed by atoms with Crippen LogP contribution in [0.5, 0.6) is 0 Å². The third-order valence-electron chi connectivity index (χ3n) is 3.20. The minimum Gasteiger partial charge on any atom is -0.176 e. The molecule has 0 heterocycles. The molecular formula is C10H24N3+. The minimum absolute atomic E-state index is 0.684. The Hall–Kier alpha value is -0.120. The summed E-state index contributed by atoms with van der Waals surface area (Å²) in [6.45, 7) is 7.79. The van der Waals surface area contributed by atoms with Crippen molar-refractivity contribution in [3.05, 3.63) is 0 Å². The smallest absolute Gasteiger partial charge is 0.104 e. The molecular weight excluding hydrogens is 162 g/mol. The van der Waals surface area contributed by atoms with Gasteiger partial charge in [0.25, 0.3) is 0 Å². The summed E-state index contributed by atoms with van der Waals surface area (Å²) < 4.78 is 0.720. The summed E-state index contributed by atoms with van der Waals surface area (Å²) in [6.07, 6.45) is 1.31. The second-order valence-electron chi connectivity index (χ2n) is 4.77. The lowest BCUT2D eigenvalue weighted by Gasteiger charge is -2.44. The summed E-state index contributed by atoms with van der Waals surface area (Å²) in [4.78, 5) is 0. The lowest BCUT2D eigenvalue weighted by molar-refractivity contribution is -0.979. The maximum Gasteiger partial charge on any atom is 0.104 e. The van der Waals surface area contributed by atoms with E-state index in [0.29, 0.717) is 6.04 Å². The molecule has 0 amide bonds. The van der Waals surface area contributed by atoms with Gasteiger partial charge < -0.3 is 0 Å². The molecule has 1 aliphatic carbocycles. The largest absolute Gasteiger partial charge is 0.176 e. The van der Waals surface area contributed by atoms with Crippen molar-refractivity contribution in [1.29, 1.82) is 0 Å². The average molecular weight is 186 g/mol. The van der Waals surface area contributed by atoms with Crippen LogP contribution in [0.15, 0.2) is 0 Å². The van der Waals surface area contributed by atoms with Gasteiger partial charge in [0.05, 0.1) is 6.04 Å². The van der Waals surface area contributed by atoms with Crippen molar-refractivity contribution >= 4 is 0 Å². The van der Waals surface area contributed by atoms with Crippen LogP contribution in [-0.2, 0) is 0 Å². The molecule has 1 saturated carbocycles. The van der Waals surface area contributed by atoms with Gasteiger partial charge in [0.2, 0.25) is 0 Å². The maximum absolute atomic E-state index is 3.60. The molecule has 1 fully saturated rings. The Bertz CT molecular complexity index is 168. The van der Waals surface area contributed by atoms with Gasteiger partial charge in [-0.2, -0.15) is 4.70 Å². The Morgan fingerprint density at radius 3 is 2.31 bits per heavy atom. The standard InChI is InChI=1S/C10H24N3/c1-6-11-13(4,5)12-10-7-8(2)9(10)3/h8-12H,6-7H2,1-5H3/q+1. The fourth-order valence-electron chi connectivity index (χ4n) is 2.06. The molecule has 1 aliphatic rings. The zero-order valence-corrected chi connectivity index (χ0v) is 9.59. The van der Waals surface area contributed by atoms with E-state index in [2.05, 4.69) is 45.7 Å². The van der Waals surface area contributed by atoms with E-state index in [1.807, 2.05) is 0 Å². The summed E-state index contributed by atoms with van der Waals surface area (Å²) >= 11 is 0. The van der Waals surface area contributed by atoms with Gasteiger partial charge in [0.15, 0.2) is 0 Å². The van der Waals surface area contributed by atoms with E-state index >= 15 is 0 Å². The topological polar surface area (TPSA) is 24.1 Å². The molecule has 1 rings (SSSR count). The van der Waals surface area contributed by atoms with Crippen LogP contribution in [0.1, 0.15) is 27.2 Å². The molecule has 0 aromatic rings. The van der Waals surface area contributed by atoms with Gasteiger partial charge in [-0.25, -0.2) is 0 Å². The predicted octanol–water partition coefficient (Wildman–Crippen LogP) is 1.14. The van der Waals surface area contributed by atoms with Crippen LogP contribution < -0.4 is 10.9 Å². The number of hydrogen-bond acceptors (Lipinski definition) is 2. The summed E-state index contributed by atoms with van der Waals surface area (Å²) in [5, 5.41) is 0. The molecule has 3 atom stereocenters. The lowest BCUT2D eigenvalue weighted by atomic mass is 9.72. The highest BCUT2D eigenvalue weighted by atomic mass is 15.8. The van der Waals surface area contributed by atoms with Crippen molar-refractivity contribution in [2.75, 3.05) is 20.6 Å². The molecule has 78 valence electrons. The zero-order chi connectivity index (χ0) is 10.1. The Kier molecular flexibility index (Phi) is 3.33. The minimum atomic E-state index is 0.684. The highest BCUT2D eigenvalue weighted by Gasteiger charge is 2.38. The molecule has 3 unspecified atom stereocenters. The molecule has 3 heteroatoms. The second kappa shape index (κ2) is 3.95. The summed E-state index contributed by atoms with van der Waals surface area (Å²) in [6, 6.07) is 0.684. The SMILES string of the molecule is CCN[N+](C)(C)NC1CC(C)C1C. The fraction of sp³-hybridized carbons (Fsp3) is 1.00. The number of nitrogens with zero attached hydrogens (tertiary/aromatic N) is 1. The van der Waals surface area contributed by atoms with Crippen molar-refractivity contribution in [2.24, 2.45) is 11.8 Å². The molecule has 0 radical (unpaired) electrons. The van der Waals surface area contributed by atoms with Crippen LogP contribution >= 0.6 is 0 Å². The molecule has 0 bridgehead atoms. The molecule has 0 aromatic heterocycles. The van der Waals surface area contributed by atoms with Crippen LogP contribution in [0.3, 0.4) is 0 Å². The number of hydrogen-bond donors (Lipinski definition) is 2. The van der Waals surface area contributed by atoms with Crippen molar-refractivity contribution in [1.82, 2.24) is 10.9 Å². The predicted molar refractivity (Wildman–Crippen MR) is 55.7 cm³/mol. The van der Waals surface area contributed by atoms with E-state index in [-0.39, 0.29) is 0 Å². The van der Waals surface area contributed by atoms with Gasteiger partial charge in [-0.3, -0.25) is 0 Å². The Morgan fingerprint density at radius 2 is 1.92 bits per heavy atom. The molecule has 0 spiro atoms. The maximum atomic E-state index is 3.60. The van der Waals surface area contributed by atoms with Crippen molar-refractivity contribution in [2.45, 2.75) is 33.2 Å². The van der Waals surface area contributed by atoms with E-state index in [0.717, 1.165) is 23.1 Å². The first-order valence-electron chi connectivity index (χ1n) is 5.33. The first-order chi connectivity index (χ1) is 5.96. The van der Waals surface area contributed by atoms with Crippen LogP contribution in [0.4, 0.5) is 0 Å². The summed E-state index contributed by atoms with van der Waals surface area (Å²) in [5.74, 6) is 1.70. The Labute approximate surface area is 82.0 Å². The van der Waals surface area contributed by atoms with Gasteiger partial charge in [-0.1, -0.05) is 13.8 Å². The highest BCUT2D eigenvalue weighted by molar-refractivity contribution is 4.87. The normalized spacial score (nSPS) is 34.4. The monoisotopic (exact) mass is 186 g/mol. The molecule has 0 aromatic carbocycles. The summed E-state index contributed by atoms with van der Waals surface area (Å²) in [5.41, 5.74) is 6.98. The van der Waals surface area contributed by atoms with Crippen molar-refractivity contribution in [3.63, 3.8) is 0 Å². The van der Waals surface area contributed by atoms with E-state index < -0.39 is 0 Å². The van der Waals surface area contributed by atoms with Crippen molar-refractivity contribution < 1.29 is 4.70 Å². The van der Waals surface area contributed by atoms with Crippen LogP contribution in [0.25, 0.3) is 0 Å². The van der Waals surface area contributed by atoms with Gasteiger partial charge in [0.1, 0.15) is 14.1 Å². The van der Waals surface area contributed by atoms with E-state index in [1.165, 1.54) is 6.42 Å². The van der Waals surface area contributed by atoms with E-state index in [9.17, 15) is 0 Å². The fourth-order valence-corrected chi connectivity index (χ4v) is 2.06. The molecule has 2 N–H and O–H groups in total. The van der Waals surface area contributed by atoms with Gasteiger partial charge in [-0.05, 0) is 25.2 Å². The summed E-state index contributed by atoms with van der Waals surface area (Å²) in [7, 11) is 4.30. The lowest BCUT2D eigenvalue weighted by Crippen LogP contribution is -2.67.